The van der Waals surface area contributed by atoms with Gasteiger partial charge in [-0.05, 0) is 150 Å². The van der Waals surface area contributed by atoms with E-state index in [1.165, 1.54) is 93.6 Å². The molecule has 0 unspecified atom stereocenters. The summed E-state index contributed by atoms with van der Waals surface area (Å²) < 4.78 is 2.49. The third-order valence-electron chi connectivity index (χ3n) is 13.7. The second-order valence-corrected chi connectivity index (χ2v) is 20.2. The fourth-order valence-electron chi connectivity index (χ4n) is 9.96. The first kappa shape index (κ1) is 42.0. The molecule has 0 saturated heterocycles. The van der Waals surface area contributed by atoms with E-state index in [1.807, 2.05) is 0 Å². The Kier molecular flexibility index (Phi) is 10.4. The molecule has 326 valence electrons. The standard InChI is InChI=1S/C65H56N2/c1-64(2,3)51-33-37-59-61(42-51)67(53-21-12-9-13-22-53)62-43-52(65(4,5)6)41-60(63(59)62)49-20-16-23-55(39-49)66(56-36-38-58-50(40-56)30-29-48-19-14-15-24-57(48)58)54-34-31-47(32-35-54)46-27-25-45(26-28-46)44-17-10-7-8-11-18-44/h7,9-43H,8H2,1-6H3. The third-order valence-corrected chi connectivity index (χ3v) is 13.7. The Bertz CT molecular complexity index is 3580. The van der Waals surface area contributed by atoms with Crippen LogP contribution in [0.4, 0.5) is 17.1 Å². The van der Waals surface area contributed by atoms with Crippen molar-refractivity contribution >= 4 is 66.0 Å². The van der Waals surface area contributed by atoms with Gasteiger partial charge in [0.1, 0.15) is 0 Å². The zero-order valence-corrected chi connectivity index (χ0v) is 39.4. The average molecular weight is 865 g/mol. The Balaban J connectivity index is 1.09. The highest BCUT2D eigenvalue weighted by Crippen LogP contribution is 2.45. The minimum atomic E-state index is -0.0839. The average Bonchev–Trinajstić information content (AvgIpc) is 3.44. The maximum Gasteiger partial charge on any atom is 0.0550 e. The van der Waals surface area contributed by atoms with Gasteiger partial charge in [0.2, 0.25) is 0 Å². The van der Waals surface area contributed by atoms with Crippen LogP contribution in [0.2, 0.25) is 0 Å². The van der Waals surface area contributed by atoms with Crippen LogP contribution in [-0.2, 0) is 10.8 Å². The molecule has 11 rings (SSSR count). The molecule has 1 aromatic heterocycles. The summed E-state index contributed by atoms with van der Waals surface area (Å²) in [4.78, 5) is 2.43. The van der Waals surface area contributed by atoms with Crippen LogP contribution in [0.3, 0.4) is 0 Å². The summed E-state index contributed by atoms with van der Waals surface area (Å²) in [6.45, 7) is 13.9. The van der Waals surface area contributed by atoms with Crippen molar-refractivity contribution in [3.05, 3.63) is 235 Å². The predicted molar refractivity (Wildman–Crippen MR) is 290 cm³/mol. The van der Waals surface area contributed by atoms with Crippen LogP contribution in [0, 0.1) is 0 Å². The van der Waals surface area contributed by atoms with E-state index in [0.29, 0.717) is 0 Å². The molecule has 0 atom stereocenters. The molecule has 2 nitrogen and oxygen atoms in total. The van der Waals surface area contributed by atoms with Gasteiger partial charge in [0.05, 0.1) is 11.0 Å². The van der Waals surface area contributed by atoms with Gasteiger partial charge in [0.15, 0.2) is 0 Å². The smallest absolute Gasteiger partial charge is 0.0550 e. The molecule has 67 heavy (non-hydrogen) atoms. The van der Waals surface area contributed by atoms with Crippen molar-refractivity contribution in [2.45, 2.75) is 58.8 Å². The number of allylic oxidation sites excluding steroid dienone is 6. The summed E-state index contributed by atoms with van der Waals surface area (Å²) in [7, 11) is 0. The Morgan fingerprint density at radius 1 is 0.433 bits per heavy atom. The number of hydrogen-bond donors (Lipinski definition) is 0. The van der Waals surface area contributed by atoms with E-state index in [-0.39, 0.29) is 10.8 Å². The maximum absolute atomic E-state index is 2.49. The minimum absolute atomic E-state index is 0.00390. The van der Waals surface area contributed by atoms with Gasteiger partial charge in [-0.25, -0.2) is 0 Å². The lowest BCUT2D eigenvalue weighted by Gasteiger charge is -2.27. The van der Waals surface area contributed by atoms with Crippen LogP contribution in [0.25, 0.3) is 76.9 Å². The molecule has 0 bridgehead atoms. The third kappa shape index (κ3) is 7.87. The second-order valence-electron chi connectivity index (χ2n) is 20.2. The number of nitrogens with zero attached hydrogens (tertiary/aromatic N) is 2. The van der Waals surface area contributed by atoms with E-state index in [1.54, 1.807) is 0 Å². The molecule has 0 radical (unpaired) electrons. The maximum atomic E-state index is 2.49. The summed E-state index contributed by atoms with van der Waals surface area (Å²) >= 11 is 0. The lowest BCUT2D eigenvalue weighted by atomic mass is 9.83. The molecule has 0 N–H and O–H groups in total. The van der Waals surface area contributed by atoms with Crippen molar-refractivity contribution in [1.29, 1.82) is 0 Å². The van der Waals surface area contributed by atoms with Crippen molar-refractivity contribution in [2.75, 3.05) is 4.90 Å². The SMILES string of the molecule is CC(C)(C)c1ccc2c3c(-c4cccc(N(c5ccc(-c6ccc(C7=CC=CCC=C7)cc6)cc5)c5ccc6c(ccc7ccccc76)c5)c4)cc(C(C)(C)C)cc3n(-c3ccccc3)c2c1. The Morgan fingerprint density at radius 2 is 1.07 bits per heavy atom. The van der Waals surface area contributed by atoms with E-state index in [2.05, 4.69) is 269 Å². The highest BCUT2D eigenvalue weighted by molar-refractivity contribution is 6.16. The van der Waals surface area contributed by atoms with Crippen LogP contribution in [0.1, 0.15) is 64.7 Å². The van der Waals surface area contributed by atoms with Crippen molar-refractivity contribution in [1.82, 2.24) is 4.57 Å². The first-order chi connectivity index (χ1) is 32.5. The van der Waals surface area contributed by atoms with Crippen molar-refractivity contribution in [3.8, 4) is 27.9 Å². The molecule has 10 aromatic rings. The number of hydrogen-bond acceptors (Lipinski definition) is 1. The predicted octanol–water partition coefficient (Wildman–Crippen LogP) is 18.4. The largest absolute Gasteiger partial charge is 0.310 e. The van der Waals surface area contributed by atoms with E-state index in [0.717, 1.165) is 23.5 Å². The van der Waals surface area contributed by atoms with Crippen LogP contribution < -0.4 is 4.90 Å². The van der Waals surface area contributed by atoms with Gasteiger partial charge in [0.25, 0.3) is 0 Å². The first-order valence-corrected chi connectivity index (χ1v) is 23.7. The fraction of sp³-hybridized carbons (Fsp3) is 0.138. The van der Waals surface area contributed by atoms with E-state index in [4.69, 9.17) is 0 Å². The zero-order chi connectivity index (χ0) is 45.9. The summed E-state index contributed by atoms with van der Waals surface area (Å²) in [5, 5.41) is 7.52. The minimum Gasteiger partial charge on any atom is -0.310 e. The lowest BCUT2D eigenvalue weighted by Crippen LogP contribution is -2.12. The number of fused-ring (bicyclic) bond motifs is 6. The molecule has 0 spiro atoms. The highest BCUT2D eigenvalue weighted by atomic mass is 15.1. The van der Waals surface area contributed by atoms with Gasteiger partial charge in [0, 0.05) is 33.5 Å². The number of aromatic nitrogens is 1. The Hall–Kier alpha value is -7.68. The highest BCUT2D eigenvalue weighted by Gasteiger charge is 2.25. The molecule has 1 heterocycles. The molecule has 0 saturated carbocycles. The topological polar surface area (TPSA) is 8.17 Å². The summed E-state index contributed by atoms with van der Waals surface area (Å²) in [6.07, 6.45) is 11.9. The van der Waals surface area contributed by atoms with E-state index >= 15 is 0 Å². The van der Waals surface area contributed by atoms with E-state index < -0.39 is 0 Å². The Morgan fingerprint density at radius 3 is 1.85 bits per heavy atom. The molecule has 2 heteroatoms. The quantitative estimate of drug-likeness (QED) is 0.145. The lowest BCUT2D eigenvalue weighted by molar-refractivity contribution is 0.591. The summed E-state index contributed by atoms with van der Waals surface area (Å²) in [5.41, 5.74) is 16.7. The second kappa shape index (κ2) is 16.6. The zero-order valence-electron chi connectivity index (χ0n) is 39.4. The number of para-hydroxylation sites is 1. The Labute approximate surface area is 395 Å². The van der Waals surface area contributed by atoms with Gasteiger partial charge in [-0.15, -0.1) is 0 Å². The molecular weight excluding hydrogens is 809 g/mol. The normalized spacial score (nSPS) is 13.1. The van der Waals surface area contributed by atoms with Crippen LogP contribution in [-0.4, -0.2) is 4.57 Å². The first-order valence-electron chi connectivity index (χ1n) is 23.7. The van der Waals surface area contributed by atoms with Crippen LogP contribution >= 0.6 is 0 Å². The molecule has 0 amide bonds. The van der Waals surface area contributed by atoms with Crippen molar-refractivity contribution in [3.63, 3.8) is 0 Å². The molecule has 1 aliphatic carbocycles. The van der Waals surface area contributed by atoms with Crippen LogP contribution in [0.5, 0.6) is 0 Å². The molecule has 9 aromatic carbocycles. The summed E-state index contributed by atoms with van der Waals surface area (Å²) in [5.74, 6) is 0. The number of anilines is 3. The van der Waals surface area contributed by atoms with Crippen LogP contribution in [0.15, 0.2) is 218 Å². The van der Waals surface area contributed by atoms with Gasteiger partial charge in [-0.1, -0.05) is 193 Å². The monoisotopic (exact) mass is 864 g/mol. The molecule has 1 aliphatic rings. The van der Waals surface area contributed by atoms with Gasteiger partial charge in [-0.3, -0.25) is 0 Å². The molecule has 0 aliphatic heterocycles. The summed E-state index contributed by atoms with van der Waals surface area (Å²) in [6, 6.07) is 70.3. The molecule has 0 fully saturated rings. The van der Waals surface area contributed by atoms with Gasteiger partial charge in [-0.2, -0.15) is 0 Å². The van der Waals surface area contributed by atoms with Gasteiger partial charge < -0.3 is 9.47 Å². The van der Waals surface area contributed by atoms with Crippen molar-refractivity contribution in [2.24, 2.45) is 0 Å². The van der Waals surface area contributed by atoms with Gasteiger partial charge >= 0.3 is 0 Å². The van der Waals surface area contributed by atoms with E-state index in [9.17, 15) is 0 Å². The van der Waals surface area contributed by atoms with Crippen molar-refractivity contribution < 1.29 is 0 Å². The number of benzene rings is 9. The number of rotatable bonds is 7. The fourth-order valence-corrected chi connectivity index (χ4v) is 9.96. The molecular formula is C65H56N2.